The normalized spacial score (nSPS) is 11.3. The van der Waals surface area contributed by atoms with E-state index in [1.165, 1.54) is 11.1 Å². The number of fused-ring (bicyclic) bond motifs is 1. The molecule has 0 saturated heterocycles. The molecule has 1 heterocycles. The fourth-order valence-electron chi connectivity index (χ4n) is 4.95. The molecule has 4 rings (SSSR count). The van der Waals surface area contributed by atoms with Gasteiger partial charge in [0.05, 0.1) is 19.6 Å². The Kier molecular flexibility index (Phi) is 10.2. The first-order chi connectivity index (χ1) is 19.8. The molecule has 0 spiro atoms. The highest BCUT2D eigenvalue weighted by Crippen LogP contribution is 2.28. The summed E-state index contributed by atoms with van der Waals surface area (Å²) in [6.45, 7) is 5.92. The molecule has 214 valence electrons. The van der Waals surface area contributed by atoms with Crippen LogP contribution in [-0.4, -0.2) is 39.9 Å². The first-order valence-corrected chi connectivity index (χ1v) is 13.9. The van der Waals surface area contributed by atoms with Gasteiger partial charge in [-0.25, -0.2) is 0 Å². The van der Waals surface area contributed by atoms with E-state index in [-0.39, 0.29) is 12.8 Å². The minimum absolute atomic E-state index is 0.0649. The fraction of sp³-hybridized carbons (Fsp3) is 0.294. The van der Waals surface area contributed by atoms with E-state index in [4.69, 9.17) is 14.6 Å². The molecule has 0 atom stereocenters. The van der Waals surface area contributed by atoms with Crippen LogP contribution in [0.1, 0.15) is 53.5 Å². The number of ether oxygens (including phenoxy) is 2. The summed E-state index contributed by atoms with van der Waals surface area (Å²) in [6.07, 6.45) is 8.05. The number of rotatable bonds is 15. The molecule has 0 unspecified atom stereocenters. The maximum Gasteiger partial charge on any atom is 0.307 e. The zero-order valence-corrected chi connectivity index (χ0v) is 23.6. The summed E-state index contributed by atoms with van der Waals surface area (Å²) in [6, 6.07) is 20.0. The third-order valence-corrected chi connectivity index (χ3v) is 6.76. The lowest BCUT2D eigenvalue weighted by Gasteiger charge is -2.09. The first kappa shape index (κ1) is 29.5. The molecular weight excluding hydrogens is 518 g/mol. The number of aryl methyl sites for hydroxylation is 3. The Hall–Kier alpha value is -4.52. The number of carboxylic acids is 2. The molecule has 0 bridgehead atoms. The van der Waals surface area contributed by atoms with Crippen LogP contribution in [-0.2, 0) is 22.6 Å². The summed E-state index contributed by atoms with van der Waals surface area (Å²) in [4.78, 5) is 22.5. The summed E-state index contributed by atoms with van der Waals surface area (Å²) in [5, 5.41) is 19.3. The van der Waals surface area contributed by atoms with E-state index >= 15 is 0 Å². The average molecular weight is 556 g/mol. The lowest BCUT2D eigenvalue weighted by atomic mass is 10.0. The van der Waals surface area contributed by atoms with Crippen molar-refractivity contribution in [2.75, 3.05) is 13.2 Å². The Balaban J connectivity index is 1.33. The molecule has 2 N–H and O–H groups in total. The molecule has 0 amide bonds. The number of aliphatic carboxylic acids is 2. The number of hydrogen-bond donors (Lipinski definition) is 2. The van der Waals surface area contributed by atoms with Crippen molar-refractivity contribution in [3.8, 4) is 11.5 Å². The van der Waals surface area contributed by atoms with Gasteiger partial charge in [0.2, 0.25) is 0 Å². The molecule has 0 radical (unpaired) electrons. The highest BCUT2D eigenvalue weighted by molar-refractivity contribution is 5.96. The lowest BCUT2D eigenvalue weighted by Crippen LogP contribution is -2.02. The molecule has 0 aliphatic heterocycles. The van der Waals surface area contributed by atoms with E-state index in [0.717, 1.165) is 46.4 Å². The largest absolute Gasteiger partial charge is 0.494 e. The molecule has 1 aromatic heterocycles. The van der Waals surface area contributed by atoms with Gasteiger partial charge >= 0.3 is 11.9 Å². The Morgan fingerprint density at radius 1 is 0.805 bits per heavy atom. The van der Waals surface area contributed by atoms with Crippen LogP contribution in [0, 0.1) is 13.8 Å². The SMILES string of the molecule is Cc1cc(C)cc(OCCCCOc2ccc(/C=C/c3cccc4c3c(CC(=O)O)cn4CCCC(=O)O)cc2)c1. The van der Waals surface area contributed by atoms with Crippen molar-refractivity contribution in [3.05, 3.63) is 94.7 Å². The summed E-state index contributed by atoms with van der Waals surface area (Å²) in [5.74, 6) is -0.0277. The minimum atomic E-state index is -0.905. The van der Waals surface area contributed by atoms with Crippen LogP contribution in [0.15, 0.2) is 66.9 Å². The Morgan fingerprint density at radius 2 is 1.49 bits per heavy atom. The fourth-order valence-corrected chi connectivity index (χ4v) is 4.95. The second-order valence-electron chi connectivity index (χ2n) is 10.3. The smallest absolute Gasteiger partial charge is 0.307 e. The highest BCUT2D eigenvalue weighted by atomic mass is 16.5. The maximum absolute atomic E-state index is 11.5. The third kappa shape index (κ3) is 8.73. The monoisotopic (exact) mass is 555 g/mol. The van der Waals surface area contributed by atoms with E-state index in [2.05, 4.69) is 32.0 Å². The quantitative estimate of drug-likeness (QED) is 0.119. The van der Waals surface area contributed by atoms with Gasteiger partial charge in [0.25, 0.3) is 0 Å². The van der Waals surface area contributed by atoms with Crippen LogP contribution in [0.25, 0.3) is 23.1 Å². The van der Waals surface area contributed by atoms with Crippen molar-refractivity contribution in [1.82, 2.24) is 4.57 Å². The summed E-state index contributed by atoms with van der Waals surface area (Å²) in [7, 11) is 0. The lowest BCUT2D eigenvalue weighted by molar-refractivity contribution is -0.137. The number of unbranched alkanes of at least 4 members (excludes halogenated alkanes) is 1. The zero-order chi connectivity index (χ0) is 29.2. The molecular formula is C34H37NO6. The van der Waals surface area contributed by atoms with Gasteiger partial charge in [-0.05, 0) is 91.3 Å². The number of benzene rings is 3. The molecule has 7 heteroatoms. The van der Waals surface area contributed by atoms with E-state index in [9.17, 15) is 14.7 Å². The number of carboxylic acid groups (broad SMARTS) is 2. The van der Waals surface area contributed by atoms with Crippen LogP contribution in [0.2, 0.25) is 0 Å². The molecule has 0 saturated carbocycles. The van der Waals surface area contributed by atoms with Crippen molar-refractivity contribution >= 4 is 35.0 Å². The molecule has 0 aliphatic carbocycles. The van der Waals surface area contributed by atoms with Crippen molar-refractivity contribution in [2.24, 2.45) is 0 Å². The van der Waals surface area contributed by atoms with Gasteiger partial charge in [0, 0.05) is 30.1 Å². The van der Waals surface area contributed by atoms with Gasteiger partial charge in [-0.1, -0.05) is 42.5 Å². The van der Waals surface area contributed by atoms with E-state index in [1.807, 2.05) is 65.4 Å². The maximum atomic E-state index is 11.5. The molecule has 0 aliphatic rings. The molecule has 0 fully saturated rings. The first-order valence-electron chi connectivity index (χ1n) is 13.9. The van der Waals surface area contributed by atoms with Gasteiger partial charge < -0.3 is 24.3 Å². The van der Waals surface area contributed by atoms with E-state index < -0.39 is 11.9 Å². The van der Waals surface area contributed by atoms with Crippen LogP contribution >= 0.6 is 0 Å². The summed E-state index contributed by atoms with van der Waals surface area (Å²) in [5.41, 5.74) is 5.93. The topological polar surface area (TPSA) is 98.0 Å². The number of nitrogens with zero attached hydrogens (tertiary/aromatic N) is 1. The van der Waals surface area contributed by atoms with Gasteiger partial charge in [-0.3, -0.25) is 9.59 Å². The van der Waals surface area contributed by atoms with Gasteiger partial charge in [-0.2, -0.15) is 0 Å². The van der Waals surface area contributed by atoms with Gasteiger partial charge in [-0.15, -0.1) is 0 Å². The molecule has 41 heavy (non-hydrogen) atoms. The standard InChI is InChI=1S/C34H37NO6/c1-24-19-25(2)21-30(20-24)41-18-4-3-17-40-29-14-11-26(12-15-29)10-13-27-7-5-8-31-34(27)28(22-33(38)39)23-35(31)16-6-9-32(36)37/h5,7-8,10-15,19-21,23H,3-4,6,9,16-18,22H2,1-2H3,(H,36,37)(H,38,39)/b13-10+. The van der Waals surface area contributed by atoms with Crippen molar-refractivity contribution in [3.63, 3.8) is 0 Å². The molecule has 4 aromatic rings. The second-order valence-corrected chi connectivity index (χ2v) is 10.3. The van der Waals surface area contributed by atoms with Gasteiger partial charge in [0.15, 0.2) is 0 Å². The number of aromatic nitrogens is 1. The number of hydrogen-bond acceptors (Lipinski definition) is 4. The molecule has 7 nitrogen and oxygen atoms in total. The Morgan fingerprint density at radius 3 is 2.15 bits per heavy atom. The highest BCUT2D eigenvalue weighted by Gasteiger charge is 2.14. The predicted molar refractivity (Wildman–Crippen MR) is 162 cm³/mol. The third-order valence-electron chi connectivity index (χ3n) is 6.76. The predicted octanol–water partition coefficient (Wildman–Crippen LogP) is 7.16. The van der Waals surface area contributed by atoms with Crippen LogP contribution in [0.3, 0.4) is 0 Å². The van der Waals surface area contributed by atoms with Gasteiger partial charge in [0.1, 0.15) is 11.5 Å². The Labute approximate surface area is 240 Å². The van der Waals surface area contributed by atoms with Crippen LogP contribution < -0.4 is 9.47 Å². The van der Waals surface area contributed by atoms with Crippen LogP contribution in [0.5, 0.6) is 11.5 Å². The zero-order valence-electron chi connectivity index (χ0n) is 23.6. The summed E-state index contributed by atoms with van der Waals surface area (Å²) < 4.78 is 13.7. The Bertz CT molecular complexity index is 1500. The van der Waals surface area contributed by atoms with E-state index in [0.29, 0.717) is 31.7 Å². The van der Waals surface area contributed by atoms with Crippen molar-refractivity contribution in [1.29, 1.82) is 0 Å². The average Bonchev–Trinajstić information content (AvgIpc) is 3.26. The summed E-state index contributed by atoms with van der Waals surface area (Å²) >= 11 is 0. The second kappa shape index (κ2) is 14.2. The van der Waals surface area contributed by atoms with E-state index in [1.54, 1.807) is 0 Å². The minimum Gasteiger partial charge on any atom is -0.494 e. The molecule has 3 aromatic carbocycles. The number of carbonyl (C=O) groups is 2. The van der Waals surface area contributed by atoms with Crippen molar-refractivity contribution < 1.29 is 29.3 Å². The van der Waals surface area contributed by atoms with Crippen LogP contribution in [0.4, 0.5) is 0 Å². The van der Waals surface area contributed by atoms with Crippen molar-refractivity contribution in [2.45, 2.75) is 52.5 Å².